The third-order valence-corrected chi connectivity index (χ3v) is 7.08. The van der Waals surface area contributed by atoms with E-state index in [9.17, 15) is 4.79 Å². The van der Waals surface area contributed by atoms with E-state index in [4.69, 9.17) is 9.97 Å². The van der Waals surface area contributed by atoms with Crippen LogP contribution in [0.2, 0.25) is 0 Å². The first-order valence-corrected chi connectivity index (χ1v) is 11.0. The van der Waals surface area contributed by atoms with Gasteiger partial charge in [0.15, 0.2) is 5.78 Å². The Balaban J connectivity index is 1.36. The molecule has 0 radical (unpaired) electrons. The standard InChI is InChI=1S/C22H35N5O/c1-15(2)21(28)16(3)26-9-7-17(8-10-26)18-11-23-22(24-12-18)27-19-5-6-20(27)14-25(4)13-19/h11-12,15-17,19-20H,5-10,13-14H2,1-4H3/t16-,19?,20?/m0/s1. The molecule has 2 bridgehead atoms. The van der Waals surface area contributed by atoms with Gasteiger partial charge in [0.2, 0.25) is 5.95 Å². The molecule has 3 aliphatic heterocycles. The quantitative estimate of drug-likeness (QED) is 0.776. The molecule has 6 nitrogen and oxygen atoms in total. The Labute approximate surface area is 169 Å². The van der Waals surface area contributed by atoms with Crippen LogP contribution in [0.1, 0.15) is 57.9 Å². The summed E-state index contributed by atoms with van der Waals surface area (Å²) in [4.78, 5) is 29.1. The lowest BCUT2D eigenvalue weighted by Crippen LogP contribution is -2.53. The number of carbonyl (C=O) groups is 1. The molecular formula is C22H35N5O. The lowest BCUT2D eigenvalue weighted by molar-refractivity contribution is -0.127. The molecule has 0 amide bonds. The van der Waals surface area contributed by atoms with Crippen molar-refractivity contribution in [1.29, 1.82) is 0 Å². The van der Waals surface area contributed by atoms with Crippen molar-refractivity contribution in [3.05, 3.63) is 18.0 Å². The summed E-state index contributed by atoms with van der Waals surface area (Å²) in [5.41, 5.74) is 1.26. The number of carbonyl (C=O) groups excluding carboxylic acids is 1. The first-order chi connectivity index (χ1) is 13.4. The normalized spacial score (nSPS) is 28.1. The number of piperazine rings is 1. The molecule has 3 fully saturated rings. The van der Waals surface area contributed by atoms with Gasteiger partial charge in [0.05, 0.1) is 6.04 Å². The molecular weight excluding hydrogens is 350 g/mol. The molecule has 1 aromatic heterocycles. The predicted molar refractivity (Wildman–Crippen MR) is 112 cm³/mol. The maximum atomic E-state index is 12.3. The molecule has 0 aliphatic carbocycles. The van der Waals surface area contributed by atoms with Gasteiger partial charge in [-0.15, -0.1) is 0 Å². The van der Waals surface area contributed by atoms with Crippen LogP contribution in [-0.2, 0) is 4.79 Å². The second kappa shape index (κ2) is 8.07. The minimum Gasteiger partial charge on any atom is -0.332 e. The Hall–Kier alpha value is -1.53. The number of hydrogen-bond acceptors (Lipinski definition) is 6. The van der Waals surface area contributed by atoms with Gasteiger partial charge in [-0.2, -0.15) is 0 Å². The van der Waals surface area contributed by atoms with Crippen molar-refractivity contribution in [2.75, 3.05) is 38.1 Å². The van der Waals surface area contributed by atoms with Crippen LogP contribution in [0.4, 0.5) is 5.95 Å². The molecule has 3 saturated heterocycles. The molecule has 3 aliphatic rings. The van der Waals surface area contributed by atoms with Gasteiger partial charge < -0.3 is 9.80 Å². The number of anilines is 1. The van der Waals surface area contributed by atoms with Gasteiger partial charge in [-0.1, -0.05) is 13.8 Å². The first kappa shape index (κ1) is 19.8. The number of likely N-dealkylation sites (tertiary alicyclic amines) is 2. The maximum Gasteiger partial charge on any atom is 0.225 e. The summed E-state index contributed by atoms with van der Waals surface area (Å²) in [5, 5.41) is 0. The molecule has 0 saturated carbocycles. The van der Waals surface area contributed by atoms with E-state index in [0.29, 0.717) is 23.8 Å². The molecule has 4 rings (SSSR count). The SMILES string of the molecule is CC(C)C(=O)[C@H](C)N1CCC(c2cnc(N3C4CCC3CN(C)C4)nc2)CC1. The molecule has 28 heavy (non-hydrogen) atoms. The lowest BCUT2D eigenvalue weighted by atomic mass is 9.89. The number of ketones is 1. The zero-order valence-electron chi connectivity index (χ0n) is 17.8. The number of Topliss-reactive ketones (excluding diaryl/α,β-unsaturated/α-hetero) is 1. The van der Waals surface area contributed by atoms with E-state index in [0.717, 1.165) is 45.0 Å². The van der Waals surface area contributed by atoms with E-state index in [-0.39, 0.29) is 12.0 Å². The number of fused-ring (bicyclic) bond motifs is 2. The van der Waals surface area contributed by atoms with Crippen LogP contribution in [0.5, 0.6) is 0 Å². The highest BCUT2D eigenvalue weighted by atomic mass is 16.1. The Morgan fingerprint density at radius 1 is 1.00 bits per heavy atom. The van der Waals surface area contributed by atoms with Crippen LogP contribution in [-0.4, -0.2) is 76.9 Å². The topological polar surface area (TPSA) is 52.6 Å². The Kier molecular flexibility index (Phi) is 5.70. The summed E-state index contributed by atoms with van der Waals surface area (Å²) in [6.45, 7) is 10.3. The number of piperidine rings is 1. The molecule has 0 aromatic carbocycles. The molecule has 1 aromatic rings. The third-order valence-electron chi connectivity index (χ3n) is 7.08. The minimum absolute atomic E-state index is 0.0345. The van der Waals surface area contributed by atoms with Crippen LogP contribution in [0, 0.1) is 5.92 Å². The smallest absolute Gasteiger partial charge is 0.225 e. The summed E-state index contributed by atoms with van der Waals surface area (Å²) >= 11 is 0. The highest BCUT2D eigenvalue weighted by Gasteiger charge is 2.40. The number of aromatic nitrogens is 2. The second-order valence-corrected chi connectivity index (χ2v) is 9.37. The highest BCUT2D eigenvalue weighted by Crippen LogP contribution is 2.33. The van der Waals surface area contributed by atoms with Crippen molar-refractivity contribution in [3.63, 3.8) is 0 Å². The van der Waals surface area contributed by atoms with E-state index in [1.807, 2.05) is 13.8 Å². The van der Waals surface area contributed by atoms with Gasteiger partial charge >= 0.3 is 0 Å². The molecule has 0 N–H and O–H groups in total. The van der Waals surface area contributed by atoms with Crippen LogP contribution in [0.15, 0.2) is 12.4 Å². The minimum atomic E-state index is 0.0345. The van der Waals surface area contributed by atoms with Crippen molar-refractivity contribution in [1.82, 2.24) is 19.8 Å². The maximum absolute atomic E-state index is 12.3. The van der Waals surface area contributed by atoms with E-state index in [1.54, 1.807) is 0 Å². The average Bonchev–Trinajstić information content (AvgIpc) is 2.98. The molecule has 6 heteroatoms. The average molecular weight is 386 g/mol. The summed E-state index contributed by atoms with van der Waals surface area (Å²) in [6, 6.07) is 1.17. The van der Waals surface area contributed by atoms with Crippen LogP contribution in [0.25, 0.3) is 0 Å². The van der Waals surface area contributed by atoms with Crippen molar-refractivity contribution in [2.24, 2.45) is 5.92 Å². The van der Waals surface area contributed by atoms with Gasteiger partial charge in [0.1, 0.15) is 0 Å². The van der Waals surface area contributed by atoms with Crippen LogP contribution < -0.4 is 4.90 Å². The predicted octanol–water partition coefficient (Wildman–Crippen LogP) is 2.55. The number of rotatable bonds is 5. The van der Waals surface area contributed by atoms with Gasteiger partial charge in [-0.05, 0) is 64.2 Å². The Morgan fingerprint density at radius 3 is 2.11 bits per heavy atom. The van der Waals surface area contributed by atoms with Gasteiger partial charge in [0.25, 0.3) is 0 Å². The summed E-state index contributed by atoms with van der Waals surface area (Å²) in [6.07, 6.45) is 8.79. The van der Waals surface area contributed by atoms with Gasteiger partial charge in [-0.3, -0.25) is 9.69 Å². The lowest BCUT2D eigenvalue weighted by Gasteiger charge is -2.39. The summed E-state index contributed by atoms with van der Waals surface area (Å²) in [5.74, 6) is 1.89. The van der Waals surface area contributed by atoms with E-state index in [2.05, 4.69) is 41.1 Å². The zero-order valence-corrected chi connectivity index (χ0v) is 17.8. The third kappa shape index (κ3) is 3.81. The van der Waals surface area contributed by atoms with E-state index in [1.165, 1.54) is 18.4 Å². The molecule has 2 unspecified atom stereocenters. The largest absolute Gasteiger partial charge is 0.332 e. The van der Waals surface area contributed by atoms with Crippen molar-refractivity contribution in [3.8, 4) is 0 Å². The van der Waals surface area contributed by atoms with Crippen LogP contribution >= 0.6 is 0 Å². The van der Waals surface area contributed by atoms with E-state index < -0.39 is 0 Å². The van der Waals surface area contributed by atoms with E-state index >= 15 is 0 Å². The second-order valence-electron chi connectivity index (χ2n) is 9.37. The van der Waals surface area contributed by atoms with Crippen molar-refractivity contribution >= 4 is 11.7 Å². The number of likely N-dealkylation sites (N-methyl/N-ethyl adjacent to an activating group) is 1. The number of nitrogens with zero attached hydrogens (tertiary/aromatic N) is 5. The molecule has 154 valence electrons. The number of hydrogen-bond donors (Lipinski definition) is 0. The molecule has 0 spiro atoms. The summed E-state index contributed by atoms with van der Waals surface area (Å²) < 4.78 is 0. The fourth-order valence-corrected chi connectivity index (χ4v) is 5.40. The molecule has 3 atom stereocenters. The van der Waals surface area contributed by atoms with Crippen molar-refractivity contribution in [2.45, 2.75) is 70.5 Å². The van der Waals surface area contributed by atoms with Crippen LogP contribution in [0.3, 0.4) is 0 Å². The summed E-state index contributed by atoms with van der Waals surface area (Å²) in [7, 11) is 2.22. The van der Waals surface area contributed by atoms with Gasteiger partial charge in [-0.25, -0.2) is 9.97 Å². The Morgan fingerprint density at radius 2 is 1.57 bits per heavy atom. The fraction of sp³-hybridized carbons (Fsp3) is 0.773. The molecule has 4 heterocycles. The first-order valence-electron chi connectivity index (χ1n) is 11.0. The Bertz CT molecular complexity index is 669. The zero-order chi connectivity index (χ0) is 19.8. The van der Waals surface area contributed by atoms with Crippen molar-refractivity contribution < 1.29 is 4.79 Å². The monoisotopic (exact) mass is 385 g/mol. The van der Waals surface area contributed by atoms with Gasteiger partial charge in [0, 0.05) is 43.5 Å². The fourth-order valence-electron chi connectivity index (χ4n) is 5.40. The highest BCUT2D eigenvalue weighted by molar-refractivity contribution is 5.85.